The lowest BCUT2D eigenvalue weighted by Gasteiger charge is -2.21. The van der Waals surface area contributed by atoms with Gasteiger partial charge in [0.15, 0.2) is 0 Å². The van der Waals surface area contributed by atoms with Gasteiger partial charge in [-0.05, 0) is 48.0 Å². The molecule has 16 heavy (non-hydrogen) atoms. The zero-order valence-corrected chi connectivity index (χ0v) is 11.5. The first kappa shape index (κ1) is 13.5. The Bertz CT molecular complexity index is 407. The first-order valence-electron chi connectivity index (χ1n) is 4.83. The Morgan fingerprint density at radius 2 is 2.19 bits per heavy atom. The summed E-state index contributed by atoms with van der Waals surface area (Å²) in [4.78, 5) is 11.8. The molecule has 3 nitrogen and oxygen atoms in total. The van der Waals surface area contributed by atoms with E-state index >= 15 is 0 Å². The Kier molecular flexibility index (Phi) is 4.35. The van der Waals surface area contributed by atoms with Crippen LogP contribution in [-0.2, 0) is 4.79 Å². The van der Waals surface area contributed by atoms with Crippen LogP contribution in [-0.4, -0.2) is 12.5 Å². The summed E-state index contributed by atoms with van der Waals surface area (Å²) in [5.41, 5.74) is 5.64. The van der Waals surface area contributed by atoms with E-state index in [9.17, 15) is 4.79 Å². The molecule has 5 heteroatoms. The van der Waals surface area contributed by atoms with Gasteiger partial charge in [-0.15, -0.1) is 0 Å². The zero-order valence-electron chi connectivity index (χ0n) is 9.18. The molecule has 88 valence electrons. The Balaban J connectivity index is 2.82. The Morgan fingerprint density at radius 3 is 2.69 bits per heavy atom. The van der Waals surface area contributed by atoms with Crippen molar-refractivity contribution < 1.29 is 4.79 Å². The highest BCUT2D eigenvalue weighted by atomic mass is 79.9. The monoisotopic (exact) mass is 304 g/mol. The Morgan fingerprint density at radius 1 is 1.56 bits per heavy atom. The average Bonchev–Trinajstić information content (AvgIpc) is 2.23. The quantitative estimate of drug-likeness (QED) is 0.902. The number of hydrogen-bond donors (Lipinski definition) is 2. The maximum atomic E-state index is 11.8. The molecule has 1 amide bonds. The summed E-state index contributed by atoms with van der Waals surface area (Å²) in [5.74, 6) is -0.107. The topological polar surface area (TPSA) is 55.1 Å². The molecule has 1 rings (SSSR count). The van der Waals surface area contributed by atoms with Gasteiger partial charge < -0.3 is 11.1 Å². The molecule has 0 heterocycles. The van der Waals surface area contributed by atoms with E-state index in [4.69, 9.17) is 17.3 Å². The van der Waals surface area contributed by atoms with Gasteiger partial charge in [-0.2, -0.15) is 0 Å². The van der Waals surface area contributed by atoms with Crippen molar-refractivity contribution in [2.75, 3.05) is 11.9 Å². The molecular formula is C11H14BrClN2O. The molecule has 0 saturated carbocycles. The van der Waals surface area contributed by atoms with Gasteiger partial charge in [-0.25, -0.2) is 0 Å². The number of nitrogens with one attached hydrogen (secondary N) is 1. The molecule has 0 atom stereocenters. The number of benzene rings is 1. The van der Waals surface area contributed by atoms with Crippen LogP contribution in [0.3, 0.4) is 0 Å². The van der Waals surface area contributed by atoms with Crippen LogP contribution in [0.4, 0.5) is 5.69 Å². The molecule has 3 N–H and O–H groups in total. The number of carbonyl (C=O) groups excluding carboxylic acids is 1. The molecule has 0 spiro atoms. The van der Waals surface area contributed by atoms with Crippen molar-refractivity contribution in [2.24, 2.45) is 11.1 Å². The molecule has 0 fully saturated rings. The van der Waals surface area contributed by atoms with E-state index in [0.717, 1.165) is 4.47 Å². The number of carbonyl (C=O) groups is 1. The fourth-order valence-corrected chi connectivity index (χ4v) is 1.46. The number of amides is 1. The first-order chi connectivity index (χ1) is 7.36. The van der Waals surface area contributed by atoms with Crippen molar-refractivity contribution >= 4 is 39.1 Å². The minimum Gasteiger partial charge on any atom is -0.329 e. The summed E-state index contributed by atoms with van der Waals surface area (Å²) in [6.45, 7) is 3.90. The second kappa shape index (κ2) is 5.17. The van der Waals surface area contributed by atoms with E-state index in [1.165, 1.54) is 0 Å². The summed E-state index contributed by atoms with van der Waals surface area (Å²) >= 11 is 9.15. The highest BCUT2D eigenvalue weighted by Gasteiger charge is 2.25. The Labute approximate surface area is 108 Å². The molecule has 0 aliphatic heterocycles. The second-order valence-electron chi connectivity index (χ2n) is 4.17. The molecule has 0 bridgehead atoms. The van der Waals surface area contributed by atoms with Crippen LogP contribution in [0, 0.1) is 5.41 Å². The third kappa shape index (κ3) is 3.20. The van der Waals surface area contributed by atoms with Gasteiger partial charge in [0.05, 0.1) is 10.4 Å². The number of nitrogens with two attached hydrogens (primary N) is 1. The van der Waals surface area contributed by atoms with E-state index < -0.39 is 5.41 Å². The molecule has 1 aromatic carbocycles. The highest BCUT2D eigenvalue weighted by molar-refractivity contribution is 9.10. The maximum Gasteiger partial charge on any atom is 0.231 e. The molecule has 0 radical (unpaired) electrons. The van der Waals surface area contributed by atoms with Gasteiger partial charge in [-0.1, -0.05) is 11.6 Å². The van der Waals surface area contributed by atoms with E-state index in [2.05, 4.69) is 21.2 Å². The average molecular weight is 306 g/mol. The third-order valence-electron chi connectivity index (χ3n) is 2.30. The largest absolute Gasteiger partial charge is 0.329 e. The van der Waals surface area contributed by atoms with Gasteiger partial charge in [0.25, 0.3) is 0 Å². The zero-order chi connectivity index (χ0) is 12.3. The van der Waals surface area contributed by atoms with Crippen molar-refractivity contribution in [3.05, 3.63) is 27.7 Å². The molecule has 1 aromatic rings. The van der Waals surface area contributed by atoms with E-state index in [1.807, 2.05) is 0 Å². The van der Waals surface area contributed by atoms with Crippen LogP contribution in [0.25, 0.3) is 0 Å². The number of rotatable bonds is 3. The lowest BCUT2D eigenvalue weighted by Crippen LogP contribution is -2.37. The van der Waals surface area contributed by atoms with Gasteiger partial charge in [-0.3, -0.25) is 4.79 Å². The van der Waals surface area contributed by atoms with Crippen molar-refractivity contribution in [1.82, 2.24) is 0 Å². The van der Waals surface area contributed by atoms with Crippen molar-refractivity contribution in [3.8, 4) is 0 Å². The van der Waals surface area contributed by atoms with Crippen LogP contribution >= 0.6 is 27.5 Å². The van der Waals surface area contributed by atoms with Crippen molar-refractivity contribution in [1.29, 1.82) is 0 Å². The lowest BCUT2D eigenvalue weighted by molar-refractivity contribution is -0.123. The van der Waals surface area contributed by atoms with Gasteiger partial charge in [0.1, 0.15) is 0 Å². The van der Waals surface area contributed by atoms with Crippen molar-refractivity contribution in [3.63, 3.8) is 0 Å². The number of hydrogen-bond acceptors (Lipinski definition) is 2. The van der Waals surface area contributed by atoms with Gasteiger partial charge in [0.2, 0.25) is 5.91 Å². The first-order valence-corrected chi connectivity index (χ1v) is 6.00. The maximum absolute atomic E-state index is 11.8. The summed E-state index contributed by atoms with van der Waals surface area (Å²) in [6, 6.07) is 5.22. The summed E-state index contributed by atoms with van der Waals surface area (Å²) in [6.07, 6.45) is 0. The Hall–Kier alpha value is -0.580. The van der Waals surface area contributed by atoms with E-state index in [0.29, 0.717) is 17.3 Å². The van der Waals surface area contributed by atoms with Crippen LogP contribution in [0.5, 0.6) is 0 Å². The van der Waals surface area contributed by atoms with E-state index in [1.54, 1.807) is 32.0 Å². The SMILES string of the molecule is CC(C)(CN)C(=O)Nc1ccc(Cl)c(Br)c1. The molecule has 0 aromatic heterocycles. The minimum absolute atomic E-state index is 0.107. The van der Waals surface area contributed by atoms with Crippen LogP contribution in [0.1, 0.15) is 13.8 Å². The second-order valence-corrected chi connectivity index (χ2v) is 5.43. The van der Waals surface area contributed by atoms with Gasteiger partial charge >= 0.3 is 0 Å². The highest BCUT2D eigenvalue weighted by Crippen LogP contribution is 2.26. The molecule has 0 saturated heterocycles. The molecule has 0 aliphatic carbocycles. The van der Waals surface area contributed by atoms with Crippen LogP contribution in [0.15, 0.2) is 22.7 Å². The smallest absolute Gasteiger partial charge is 0.231 e. The lowest BCUT2D eigenvalue weighted by atomic mass is 9.92. The van der Waals surface area contributed by atoms with Gasteiger partial charge in [0, 0.05) is 16.7 Å². The normalized spacial score (nSPS) is 11.3. The molecule has 0 unspecified atom stereocenters. The predicted molar refractivity (Wildman–Crippen MR) is 70.6 cm³/mol. The number of halogens is 2. The van der Waals surface area contributed by atoms with Crippen LogP contribution in [0.2, 0.25) is 5.02 Å². The summed E-state index contributed by atoms with van der Waals surface area (Å²) < 4.78 is 0.748. The summed E-state index contributed by atoms with van der Waals surface area (Å²) in [5, 5.41) is 3.40. The molecule has 0 aliphatic rings. The van der Waals surface area contributed by atoms with Crippen molar-refractivity contribution in [2.45, 2.75) is 13.8 Å². The molecular weight excluding hydrogens is 291 g/mol. The van der Waals surface area contributed by atoms with E-state index in [-0.39, 0.29) is 5.91 Å². The fourth-order valence-electron chi connectivity index (χ4n) is 0.967. The summed E-state index contributed by atoms with van der Waals surface area (Å²) in [7, 11) is 0. The minimum atomic E-state index is -0.577. The number of anilines is 1. The third-order valence-corrected chi connectivity index (χ3v) is 3.52. The standard InChI is InChI=1S/C11H14BrClN2O/c1-11(2,6-14)10(16)15-7-3-4-9(13)8(12)5-7/h3-5H,6,14H2,1-2H3,(H,15,16). The fraction of sp³-hybridized carbons (Fsp3) is 0.364. The van der Waals surface area contributed by atoms with Crippen LogP contribution < -0.4 is 11.1 Å². The predicted octanol–water partition coefficient (Wildman–Crippen LogP) is 3.03.